The number of hydrogen-bond acceptors (Lipinski definition) is 4. The lowest BCUT2D eigenvalue weighted by Gasteiger charge is -2.24. The second-order valence-electron chi connectivity index (χ2n) is 8.60. The molecular weight excluding hydrogens is 430 g/mol. The third-order valence-corrected chi connectivity index (χ3v) is 7.36. The normalized spacial score (nSPS) is 17.3. The lowest BCUT2D eigenvalue weighted by molar-refractivity contribution is -0.122. The summed E-state index contributed by atoms with van der Waals surface area (Å²) in [4.78, 5) is 18.7. The highest BCUT2D eigenvalue weighted by Gasteiger charge is 2.28. The Labute approximate surface area is 198 Å². The fourth-order valence-electron chi connectivity index (χ4n) is 4.94. The van der Waals surface area contributed by atoms with Gasteiger partial charge in [-0.15, -0.1) is 0 Å². The van der Waals surface area contributed by atoms with Gasteiger partial charge in [0.05, 0.1) is 13.7 Å². The zero-order valence-electron chi connectivity index (χ0n) is 18.8. The first-order valence-electron chi connectivity index (χ1n) is 11.5. The van der Waals surface area contributed by atoms with E-state index in [1.54, 1.807) is 18.4 Å². The van der Waals surface area contributed by atoms with Gasteiger partial charge in [-0.25, -0.2) is 0 Å². The zero-order chi connectivity index (χ0) is 22.6. The van der Waals surface area contributed by atoms with Crippen molar-refractivity contribution in [3.63, 3.8) is 0 Å². The molecule has 0 radical (unpaired) electrons. The van der Waals surface area contributed by atoms with Gasteiger partial charge in [0, 0.05) is 35.6 Å². The summed E-state index contributed by atoms with van der Waals surface area (Å²) < 4.78 is 5.34. The Morgan fingerprint density at radius 1 is 1.21 bits per heavy atom. The van der Waals surface area contributed by atoms with Gasteiger partial charge >= 0.3 is 0 Å². The van der Waals surface area contributed by atoms with Gasteiger partial charge in [0.25, 0.3) is 0 Å². The topological polar surface area (TPSA) is 57.4 Å². The van der Waals surface area contributed by atoms with Crippen molar-refractivity contribution < 1.29 is 9.53 Å². The summed E-state index contributed by atoms with van der Waals surface area (Å²) in [7, 11) is 1.67. The lowest BCUT2D eigenvalue weighted by Crippen LogP contribution is -2.38. The number of carbonyl (C=O) groups excluding carboxylic acids is 1. The Balaban J connectivity index is 1.33. The molecule has 0 spiro atoms. The molecule has 3 heterocycles. The van der Waals surface area contributed by atoms with E-state index < -0.39 is 0 Å². The monoisotopic (exact) mass is 459 g/mol. The molecule has 6 heteroatoms. The molecule has 1 fully saturated rings. The molecular formula is C27H29N3O2S. The van der Waals surface area contributed by atoms with Crippen molar-refractivity contribution in [3.05, 3.63) is 88.2 Å². The minimum atomic E-state index is 0.0438. The second kappa shape index (κ2) is 9.81. The number of likely N-dealkylation sites (tertiary alicyclic amines) is 1. The molecule has 2 atom stereocenters. The summed E-state index contributed by atoms with van der Waals surface area (Å²) in [5.74, 6) is 0.951. The van der Waals surface area contributed by atoms with Crippen LogP contribution in [-0.2, 0) is 4.79 Å². The first-order chi connectivity index (χ1) is 16.2. The SMILES string of the molecule is COc1ccc(C(CNC(=O)CN2CCCC2c2ccsc2)c2c[nH]c3ccccc23)cc1. The van der Waals surface area contributed by atoms with Crippen molar-refractivity contribution in [3.8, 4) is 5.75 Å². The number of nitrogens with zero attached hydrogens (tertiary/aromatic N) is 1. The molecule has 1 aliphatic rings. The number of benzene rings is 2. The number of amides is 1. The largest absolute Gasteiger partial charge is 0.497 e. The van der Waals surface area contributed by atoms with Crippen LogP contribution in [0.2, 0.25) is 0 Å². The van der Waals surface area contributed by atoms with Crippen LogP contribution >= 0.6 is 11.3 Å². The molecule has 2 aromatic carbocycles. The van der Waals surface area contributed by atoms with E-state index in [-0.39, 0.29) is 11.8 Å². The molecule has 5 nitrogen and oxygen atoms in total. The first kappa shape index (κ1) is 21.7. The molecule has 1 aliphatic heterocycles. The van der Waals surface area contributed by atoms with Crippen molar-refractivity contribution in [2.75, 3.05) is 26.7 Å². The van der Waals surface area contributed by atoms with E-state index in [1.165, 1.54) is 16.5 Å². The minimum absolute atomic E-state index is 0.0438. The van der Waals surface area contributed by atoms with Gasteiger partial charge in [-0.05, 0) is 71.1 Å². The number of fused-ring (bicyclic) bond motifs is 1. The van der Waals surface area contributed by atoms with Gasteiger partial charge in [-0.2, -0.15) is 11.3 Å². The number of hydrogen-bond donors (Lipinski definition) is 2. The van der Waals surface area contributed by atoms with E-state index in [0.29, 0.717) is 19.1 Å². The predicted octanol–water partition coefficient (Wildman–Crippen LogP) is 5.32. The summed E-state index contributed by atoms with van der Waals surface area (Å²) in [6.45, 7) is 1.95. The fourth-order valence-corrected chi connectivity index (χ4v) is 5.65. The summed E-state index contributed by atoms with van der Waals surface area (Å²) in [5, 5.41) is 8.74. The van der Waals surface area contributed by atoms with E-state index in [0.717, 1.165) is 36.2 Å². The van der Waals surface area contributed by atoms with Crippen LogP contribution in [0.3, 0.4) is 0 Å². The highest BCUT2D eigenvalue weighted by Crippen LogP contribution is 2.33. The van der Waals surface area contributed by atoms with Gasteiger partial charge in [0.15, 0.2) is 0 Å². The molecule has 2 N–H and O–H groups in total. The Morgan fingerprint density at radius 2 is 2.06 bits per heavy atom. The molecule has 33 heavy (non-hydrogen) atoms. The Bertz CT molecular complexity index is 1200. The molecule has 170 valence electrons. The van der Waals surface area contributed by atoms with Crippen molar-refractivity contribution in [2.45, 2.75) is 24.8 Å². The van der Waals surface area contributed by atoms with Crippen molar-refractivity contribution in [1.29, 1.82) is 0 Å². The fraction of sp³-hybridized carbons (Fsp3) is 0.296. The van der Waals surface area contributed by atoms with Crippen LogP contribution in [0.4, 0.5) is 0 Å². The number of rotatable bonds is 8. The molecule has 1 saturated heterocycles. The highest BCUT2D eigenvalue weighted by molar-refractivity contribution is 7.08. The molecule has 4 aromatic rings. The van der Waals surface area contributed by atoms with E-state index in [2.05, 4.69) is 68.6 Å². The number of nitrogens with one attached hydrogen (secondary N) is 2. The Kier molecular flexibility index (Phi) is 6.46. The number of ether oxygens (including phenoxy) is 1. The lowest BCUT2D eigenvalue weighted by atomic mass is 9.90. The van der Waals surface area contributed by atoms with E-state index in [9.17, 15) is 4.79 Å². The highest BCUT2D eigenvalue weighted by atomic mass is 32.1. The number of aromatic amines is 1. The van der Waals surface area contributed by atoms with Crippen LogP contribution in [-0.4, -0.2) is 42.5 Å². The third-order valence-electron chi connectivity index (χ3n) is 6.66. The van der Waals surface area contributed by atoms with Crippen LogP contribution in [0.15, 0.2) is 71.6 Å². The van der Waals surface area contributed by atoms with E-state index in [4.69, 9.17) is 4.74 Å². The quantitative estimate of drug-likeness (QED) is 0.375. The number of methoxy groups -OCH3 is 1. The van der Waals surface area contributed by atoms with Gasteiger partial charge in [0.1, 0.15) is 5.75 Å². The number of para-hydroxylation sites is 1. The maximum absolute atomic E-state index is 13.0. The van der Waals surface area contributed by atoms with Crippen LogP contribution in [0.5, 0.6) is 5.75 Å². The third kappa shape index (κ3) is 4.68. The summed E-state index contributed by atoms with van der Waals surface area (Å²) >= 11 is 1.72. The van der Waals surface area contributed by atoms with Crippen molar-refractivity contribution in [2.24, 2.45) is 0 Å². The molecule has 0 bridgehead atoms. The average molecular weight is 460 g/mol. The zero-order valence-corrected chi connectivity index (χ0v) is 19.6. The molecule has 5 rings (SSSR count). The number of H-pyrrole nitrogens is 1. The van der Waals surface area contributed by atoms with Gasteiger partial charge in [-0.3, -0.25) is 9.69 Å². The summed E-state index contributed by atoms with van der Waals surface area (Å²) in [6.07, 6.45) is 4.32. The maximum atomic E-state index is 13.0. The number of thiophene rings is 1. The van der Waals surface area contributed by atoms with E-state index in [1.807, 2.05) is 18.2 Å². The van der Waals surface area contributed by atoms with Crippen LogP contribution in [0.25, 0.3) is 10.9 Å². The summed E-state index contributed by atoms with van der Waals surface area (Å²) in [5.41, 5.74) is 4.78. The second-order valence-corrected chi connectivity index (χ2v) is 9.38. The first-order valence-corrected chi connectivity index (χ1v) is 12.4. The molecule has 2 aromatic heterocycles. The molecule has 1 amide bonds. The van der Waals surface area contributed by atoms with Crippen LogP contribution in [0, 0.1) is 0 Å². The average Bonchev–Trinajstić information content (AvgIpc) is 3.61. The molecule has 0 saturated carbocycles. The minimum Gasteiger partial charge on any atom is -0.497 e. The number of carbonyl (C=O) groups is 1. The van der Waals surface area contributed by atoms with Crippen LogP contribution < -0.4 is 10.1 Å². The predicted molar refractivity (Wildman–Crippen MR) is 134 cm³/mol. The standard InChI is InChI=1S/C27H29N3O2S/c1-32-21-10-8-19(9-11-21)23(24-16-28-25-6-3-2-5-22(24)25)15-29-27(31)17-30-13-4-7-26(30)20-12-14-33-18-20/h2-3,5-6,8-12,14,16,18,23,26,28H,4,7,13,15,17H2,1H3,(H,29,31). The Hall–Kier alpha value is -3.09. The van der Waals surface area contributed by atoms with Gasteiger partial charge < -0.3 is 15.0 Å². The maximum Gasteiger partial charge on any atom is 0.234 e. The smallest absolute Gasteiger partial charge is 0.234 e. The molecule has 2 unspecified atom stereocenters. The molecule has 0 aliphatic carbocycles. The van der Waals surface area contributed by atoms with E-state index >= 15 is 0 Å². The van der Waals surface area contributed by atoms with Gasteiger partial charge in [0.2, 0.25) is 5.91 Å². The van der Waals surface area contributed by atoms with Crippen molar-refractivity contribution in [1.82, 2.24) is 15.2 Å². The van der Waals surface area contributed by atoms with Crippen LogP contribution in [0.1, 0.15) is 41.5 Å². The number of aromatic nitrogens is 1. The Morgan fingerprint density at radius 3 is 2.85 bits per heavy atom. The van der Waals surface area contributed by atoms with Gasteiger partial charge in [-0.1, -0.05) is 30.3 Å². The van der Waals surface area contributed by atoms with Crippen molar-refractivity contribution >= 4 is 28.1 Å². The summed E-state index contributed by atoms with van der Waals surface area (Å²) in [6, 6.07) is 19.0.